The predicted octanol–water partition coefficient (Wildman–Crippen LogP) is 2.64. The van der Waals surface area contributed by atoms with E-state index in [1.54, 1.807) is 24.2 Å². The maximum absolute atomic E-state index is 14.1. The zero-order valence-electron chi connectivity index (χ0n) is 16.6. The fraction of sp³-hybridized carbons (Fsp3) is 0.600. The molecule has 2 aromatic heterocycles. The highest BCUT2D eigenvalue weighted by Gasteiger charge is 2.35. The first-order valence-electron chi connectivity index (χ1n) is 9.92. The van der Waals surface area contributed by atoms with Crippen LogP contribution in [0.5, 0.6) is 0 Å². The van der Waals surface area contributed by atoms with Crippen LogP contribution in [-0.4, -0.2) is 62.9 Å². The van der Waals surface area contributed by atoms with Crippen molar-refractivity contribution in [1.29, 1.82) is 0 Å². The second kappa shape index (κ2) is 7.48. The third kappa shape index (κ3) is 3.72. The summed E-state index contributed by atoms with van der Waals surface area (Å²) in [6.07, 6.45) is 5.03. The molecule has 7 nitrogen and oxygen atoms in total. The van der Waals surface area contributed by atoms with Gasteiger partial charge in [0.15, 0.2) is 5.69 Å². The summed E-state index contributed by atoms with van der Waals surface area (Å²) in [5, 5.41) is 4.58. The first kappa shape index (κ1) is 18.8. The number of aromatic nitrogens is 4. The molecule has 2 fully saturated rings. The Morgan fingerprint density at radius 2 is 2.21 bits per heavy atom. The molecule has 3 atom stereocenters. The van der Waals surface area contributed by atoms with Gasteiger partial charge in [0.05, 0.1) is 18.6 Å². The topological polar surface area (TPSA) is 67.2 Å². The lowest BCUT2D eigenvalue weighted by Crippen LogP contribution is -2.41. The Balaban J connectivity index is 1.46. The van der Waals surface area contributed by atoms with E-state index < -0.39 is 6.17 Å². The number of aryl methyl sites for hydroxylation is 1. The highest BCUT2D eigenvalue weighted by molar-refractivity contribution is 5.92. The lowest BCUT2D eigenvalue weighted by molar-refractivity contribution is 0.0778. The molecule has 0 spiro atoms. The smallest absolute Gasteiger partial charge is 0.274 e. The Labute approximate surface area is 164 Å². The van der Waals surface area contributed by atoms with Crippen molar-refractivity contribution < 1.29 is 9.18 Å². The highest BCUT2D eigenvalue weighted by Crippen LogP contribution is 2.39. The summed E-state index contributed by atoms with van der Waals surface area (Å²) in [6.45, 7) is 4.86. The van der Waals surface area contributed by atoms with Crippen LogP contribution in [0.4, 0.5) is 10.2 Å². The molecule has 2 aliphatic rings. The minimum atomic E-state index is -0.927. The van der Waals surface area contributed by atoms with E-state index in [4.69, 9.17) is 0 Å². The minimum Gasteiger partial charge on any atom is -0.349 e. The number of carbonyl (C=O) groups excluding carboxylic acids is 1. The molecule has 1 saturated heterocycles. The molecule has 3 heterocycles. The van der Waals surface area contributed by atoms with E-state index in [0.717, 1.165) is 5.69 Å². The zero-order chi connectivity index (χ0) is 19.8. The fourth-order valence-electron chi connectivity index (χ4n) is 4.14. The van der Waals surface area contributed by atoms with Crippen molar-refractivity contribution in [1.82, 2.24) is 24.6 Å². The Bertz CT molecular complexity index is 836. The molecule has 0 bridgehead atoms. The first-order chi connectivity index (χ1) is 13.4. The number of carbonyl (C=O) groups is 1. The second-order valence-electron chi connectivity index (χ2n) is 8.09. The molecule has 1 aliphatic heterocycles. The maximum atomic E-state index is 14.1. The number of nitrogens with zero attached hydrogens (tertiary/aromatic N) is 6. The summed E-state index contributed by atoms with van der Waals surface area (Å²) in [4.78, 5) is 24.7. The summed E-state index contributed by atoms with van der Waals surface area (Å²) < 4.78 is 16.1. The first-order valence-corrected chi connectivity index (χ1v) is 9.92. The molecule has 1 unspecified atom stereocenters. The third-order valence-corrected chi connectivity index (χ3v) is 5.89. The molecule has 28 heavy (non-hydrogen) atoms. The molecular weight excluding hydrogens is 359 g/mol. The van der Waals surface area contributed by atoms with E-state index in [0.29, 0.717) is 36.4 Å². The number of amides is 1. The van der Waals surface area contributed by atoms with E-state index in [2.05, 4.69) is 22.0 Å². The fourth-order valence-corrected chi connectivity index (χ4v) is 4.14. The molecule has 0 N–H and O–H groups in total. The molecule has 4 rings (SSSR count). The van der Waals surface area contributed by atoms with Crippen LogP contribution in [0.1, 0.15) is 48.4 Å². The van der Waals surface area contributed by atoms with Crippen molar-refractivity contribution in [2.45, 2.75) is 51.4 Å². The Kier molecular flexibility index (Phi) is 5.03. The van der Waals surface area contributed by atoms with Gasteiger partial charge in [-0.3, -0.25) is 9.48 Å². The van der Waals surface area contributed by atoms with Crippen LogP contribution in [0.2, 0.25) is 0 Å². The van der Waals surface area contributed by atoms with Gasteiger partial charge in [-0.05, 0) is 44.7 Å². The number of hydrogen-bond donors (Lipinski definition) is 0. The van der Waals surface area contributed by atoms with E-state index in [1.807, 2.05) is 22.6 Å². The standard InChI is InChI=1S/C20H27FN6O/c1-13-8-18(24-27(13)14(2)15-4-5-15)20(28)25(3)11-17-9-16(21)10-26(17)19-6-7-22-12-23-19/h6-8,12,14-17H,4-5,9-11H2,1-3H3/t14?,16-,17-/m0/s1. The lowest BCUT2D eigenvalue weighted by Gasteiger charge is -2.28. The molecule has 1 aliphatic carbocycles. The number of alkyl halides is 1. The van der Waals surface area contributed by atoms with Gasteiger partial charge in [-0.2, -0.15) is 5.10 Å². The summed E-state index contributed by atoms with van der Waals surface area (Å²) in [7, 11) is 1.75. The van der Waals surface area contributed by atoms with Gasteiger partial charge < -0.3 is 9.80 Å². The number of hydrogen-bond acceptors (Lipinski definition) is 5. The Hall–Kier alpha value is -2.51. The molecule has 1 saturated carbocycles. The summed E-state index contributed by atoms with van der Waals surface area (Å²) in [5.41, 5.74) is 1.46. The van der Waals surface area contributed by atoms with Crippen LogP contribution in [0.3, 0.4) is 0 Å². The summed E-state index contributed by atoms with van der Waals surface area (Å²) in [6, 6.07) is 3.83. The van der Waals surface area contributed by atoms with Crippen LogP contribution in [0, 0.1) is 12.8 Å². The lowest BCUT2D eigenvalue weighted by atomic mass is 10.2. The largest absolute Gasteiger partial charge is 0.349 e. The molecule has 2 aromatic rings. The maximum Gasteiger partial charge on any atom is 0.274 e. The average Bonchev–Trinajstić information content (AvgIpc) is 3.38. The van der Waals surface area contributed by atoms with E-state index in [-0.39, 0.29) is 18.5 Å². The van der Waals surface area contributed by atoms with Gasteiger partial charge in [0.1, 0.15) is 18.3 Å². The van der Waals surface area contributed by atoms with Crippen LogP contribution in [0.25, 0.3) is 0 Å². The molecule has 1 amide bonds. The molecule has 0 aromatic carbocycles. The van der Waals surface area contributed by atoms with E-state index >= 15 is 0 Å². The average molecular weight is 386 g/mol. The van der Waals surface area contributed by atoms with Crippen LogP contribution >= 0.6 is 0 Å². The molecule has 8 heteroatoms. The quantitative estimate of drug-likeness (QED) is 0.764. The normalized spacial score (nSPS) is 23.1. The summed E-state index contributed by atoms with van der Waals surface area (Å²) >= 11 is 0. The van der Waals surface area contributed by atoms with Gasteiger partial charge in [-0.25, -0.2) is 14.4 Å². The SMILES string of the molecule is Cc1cc(C(=O)N(C)C[C@@H]2C[C@H](F)CN2c2ccncn2)nn1C(C)C1CC1. The number of likely N-dealkylation sites (N-methyl/N-ethyl adjacent to an activating group) is 1. The molecular formula is C20H27FN6O. The third-order valence-electron chi connectivity index (χ3n) is 5.89. The second-order valence-corrected chi connectivity index (χ2v) is 8.09. The molecule has 150 valence electrons. The van der Waals surface area contributed by atoms with Crippen molar-refractivity contribution in [3.05, 3.63) is 36.0 Å². The van der Waals surface area contributed by atoms with E-state index in [1.165, 1.54) is 19.2 Å². The van der Waals surface area contributed by atoms with Gasteiger partial charge in [0, 0.05) is 31.9 Å². The monoisotopic (exact) mass is 386 g/mol. The van der Waals surface area contributed by atoms with Crippen molar-refractivity contribution in [2.75, 3.05) is 25.0 Å². The number of anilines is 1. The van der Waals surface area contributed by atoms with Crippen molar-refractivity contribution in [3.63, 3.8) is 0 Å². The van der Waals surface area contributed by atoms with Gasteiger partial charge in [0.25, 0.3) is 5.91 Å². The van der Waals surface area contributed by atoms with Crippen LogP contribution < -0.4 is 4.90 Å². The molecule has 0 radical (unpaired) electrons. The van der Waals surface area contributed by atoms with Crippen molar-refractivity contribution in [3.8, 4) is 0 Å². The summed E-state index contributed by atoms with van der Waals surface area (Å²) in [5.74, 6) is 1.23. The van der Waals surface area contributed by atoms with E-state index in [9.17, 15) is 9.18 Å². The Morgan fingerprint density at radius 1 is 1.43 bits per heavy atom. The van der Waals surface area contributed by atoms with Gasteiger partial charge in [-0.1, -0.05) is 0 Å². The van der Waals surface area contributed by atoms with Crippen LogP contribution in [-0.2, 0) is 0 Å². The number of rotatable bonds is 6. The van der Waals surface area contributed by atoms with Crippen molar-refractivity contribution in [2.24, 2.45) is 5.92 Å². The predicted molar refractivity (Wildman–Crippen MR) is 104 cm³/mol. The van der Waals surface area contributed by atoms with Gasteiger partial charge in [-0.15, -0.1) is 0 Å². The Morgan fingerprint density at radius 3 is 2.89 bits per heavy atom. The minimum absolute atomic E-state index is 0.118. The highest BCUT2D eigenvalue weighted by atomic mass is 19.1. The number of halogens is 1. The van der Waals surface area contributed by atoms with Gasteiger partial charge in [0.2, 0.25) is 0 Å². The van der Waals surface area contributed by atoms with Gasteiger partial charge >= 0.3 is 0 Å². The zero-order valence-corrected chi connectivity index (χ0v) is 16.6. The van der Waals surface area contributed by atoms with Crippen LogP contribution in [0.15, 0.2) is 24.7 Å². The van der Waals surface area contributed by atoms with Crippen molar-refractivity contribution >= 4 is 11.7 Å².